The van der Waals surface area contributed by atoms with E-state index in [1.54, 1.807) is 6.07 Å². The fourth-order valence-corrected chi connectivity index (χ4v) is 3.29. The Morgan fingerprint density at radius 3 is 2.75 bits per heavy atom. The minimum atomic E-state index is 0.256. The topological polar surface area (TPSA) is 72.1 Å². The largest absolute Gasteiger partial charge is 0.382 e. The molecule has 0 spiro atoms. The highest BCUT2D eigenvalue weighted by Gasteiger charge is 2.24. The molecule has 0 aliphatic carbocycles. The second kappa shape index (κ2) is 7.90. The molecular formula is C19H24N4O. The lowest BCUT2D eigenvalue weighted by atomic mass is 9.93. The van der Waals surface area contributed by atoms with Gasteiger partial charge in [-0.05, 0) is 49.3 Å². The summed E-state index contributed by atoms with van der Waals surface area (Å²) in [7, 11) is 0. The van der Waals surface area contributed by atoms with Gasteiger partial charge >= 0.3 is 0 Å². The number of benzene rings is 1. The number of carbonyl (C=O) groups excluding carboxylic acids is 1. The molecule has 1 aromatic carbocycles. The SMILES string of the molecule is Nc1ccc(CC2CCCN(C(=O)CCc3ccccc3)C2)nn1. The molecule has 0 bridgehead atoms. The van der Waals surface area contributed by atoms with Crippen LogP contribution in [0, 0.1) is 5.92 Å². The van der Waals surface area contributed by atoms with Gasteiger partial charge in [0.1, 0.15) is 5.82 Å². The van der Waals surface area contributed by atoms with Gasteiger partial charge in [0.2, 0.25) is 5.91 Å². The van der Waals surface area contributed by atoms with Crippen molar-refractivity contribution in [2.24, 2.45) is 5.92 Å². The molecule has 24 heavy (non-hydrogen) atoms. The maximum absolute atomic E-state index is 12.5. The highest BCUT2D eigenvalue weighted by atomic mass is 16.2. The molecule has 2 aromatic rings. The summed E-state index contributed by atoms with van der Waals surface area (Å²) >= 11 is 0. The summed E-state index contributed by atoms with van der Waals surface area (Å²) in [6, 6.07) is 13.9. The number of amides is 1. The second-order valence-corrected chi connectivity index (χ2v) is 6.49. The van der Waals surface area contributed by atoms with Gasteiger partial charge in [0.25, 0.3) is 0 Å². The summed E-state index contributed by atoms with van der Waals surface area (Å²) in [4.78, 5) is 14.5. The first kappa shape index (κ1) is 16.4. The summed E-state index contributed by atoms with van der Waals surface area (Å²) < 4.78 is 0. The molecule has 1 fully saturated rings. The van der Waals surface area contributed by atoms with Crippen molar-refractivity contribution in [3.05, 3.63) is 53.7 Å². The molecule has 5 nitrogen and oxygen atoms in total. The third-order valence-corrected chi connectivity index (χ3v) is 4.58. The van der Waals surface area contributed by atoms with E-state index in [2.05, 4.69) is 22.3 Å². The number of hydrogen-bond acceptors (Lipinski definition) is 4. The monoisotopic (exact) mass is 324 g/mol. The number of hydrogen-bond donors (Lipinski definition) is 1. The van der Waals surface area contributed by atoms with Crippen LogP contribution in [0.15, 0.2) is 42.5 Å². The van der Waals surface area contributed by atoms with Crippen molar-refractivity contribution < 1.29 is 4.79 Å². The quantitative estimate of drug-likeness (QED) is 0.917. The molecule has 2 heterocycles. The third-order valence-electron chi connectivity index (χ3n) is 4.58. The van der Waals surface area contributed by atoms with Gasteiger partial charge < -0.3 is 10.6 Å². The number of anilines is 1. The predicted octanol–water partition coefficient (Wildman–Crippen LogP) is 2.47. The van der Waals surface area contributed by atoms with Gasteiger partial charge in [-0.25, -0.2) is 0 Å². The average molecular weight is 324 g/mol. The van der Waals surface area contributed by atoms with Crippen molar-refractivity contribution >= 4 is 11.7 Å². The number of nitrogen functional groups attached to an aromatic ring is 1. The van der Waals surface area contributed by atoms with Gasteiger partial charge in [-0.1, -0.05) is 30.3 Å². The lowest BCUT2D eigenvalue weighted by molar-refractivity contribution is -0.133. The van der Waals surface area contributed by atoms with Crippen molar-refractivity contribution in [2.45, 2.75) is 32.1 Å². The van der Waals surface area contributed by atoms with Gasteiger partial charge in [0.15, 0.2) is 0 Å². The Kier molecular flexibility index (Phi) is 5.41. The van der Waals surface area contributed by atoms with E-state index in [1.165, 1.54) is 5.56 Å². The number of carbonyl (C=O) groups is 1. The summed E-state index contributed by atoms with van der Waals surface area (Å²) in [5, 5.41) is 8.05. The van der Waals surface area contributed by atoms with Crippen molar-refractivity contribution in [1.82, 2.24) is 15.1 Å². The molecule has 1 aliphatic rings. The van der Waals surface area contributed by atoms with Crippen molar-refractivity contribution in [1.29, 1.82) is 0 Å². The maximum atomic E-state index is 12.5. The Labute approximate surface area is 142 Å². The summed E-state index contributed by atoms with van der Waals surface area (Å²) in [6.45, 7) is 1.69. The second-order valence-electron chi connectivity index (χ2n) is 6.49. The normalized spacial score (nSPS) is 17.7. The molecule has 0 saturated carbocycles. The smallest absolute Gasteiger partial charge is 0.222 e. The van der Waals surface area contributed by atoms with E-state index in [0.717, 1.165) is 44.5 Å². The lowest BCUT2D eigenvalue weighted by Gasteiger charge is -2.32. The predicted molar refractivity (Wildman–Crippen MR) is 94.2 cm³/mol. The minimum Gasteiger partial charge on any atom is -0.382 e. The molecule has 5 heteroatoms. The first-order chi connectivity index (χ1) is 11.7. The molecule has 1 aliphatic heterocycles. The zero-order valence-electron chi connectivity index (χ0n) is 13.9. The number of piperidine rings is 1. The number of aromatic nitrogens is 2. The fraction of sp³-hybridized carbons (Fsp3) is 0.421. The van der Waals surface area contributed by atoms with Crippen LogP contribution in [0.3, 0.4) is 0 Å². The molecular weight excluding hydrogens is 300 g/mol. The molecule has 126 valence electrons. The Bertz CT molecular complexity index is 657. The van der Waals surface area contributed by atoms with Crippen LogP contribution in [0.25, 0.3) is 0 Å². The van der Waals surface area contributed by atoms with E-state index in [4.69, 9.17) is 5.73 Å². The van der Waals surface area contributed by atoms with Crippen molar-refractivity contribution in [2.75, 3.05) is 18.8 Å². The van der Waals surface area contributed by atoms with Crippen molar-refractivity contribution in [3.63, 3.8) is 0 Å². The third kappa shape index (κ3) is 4.54. The summed E-state index contributed by atoms with van der Waals surface area (Å²) in [5.74, 6) is 1.16. The first-order valence-electron chi connectivity index (χ1n) is 8.60. The Balaban J connectivity index is 1.51. The van der Waals surface area contributed by atoms with E-state index >= 15 is 0 Å². The van der Waals surface area contributed by atoms with Crippen LogP contribution in [0.1, 0.15) is 30.5 Å². The molecule has 1 aromatic heterocycles. The van der Waals surface area contributed by atoms with Crippen LogP contribution in [0.4, 0.5) is 5.82 Å². The van der Waals surface area contributed by atoms with E-state index in [-0.39, 0.29) is 5.91 Å². The molecule has 2 N–H and O–H groups in total. The van der Waals surface area contributed by atoms with Gasteiger partial charge in [0.05, 0.1) is 5.69 Å². The van der Waals surface area contributed by atoms with Crippen LogP contribution < -0.4 is 5.73 Å². The van der Waals surface area contributed by atoms with E-state index < -0.39 is 0 Å². The highest BCUT2D eigenvalue weighted by Crippen LogP contribution is 2.21. The molecule has 1 unspecified atom stereocenters. The summed E-state index contributed by atoms with van der Waals surface area (Å²) in [5.41, 5.74) is 7.75. The van der Waals surface area contributed by atoms with Gasteiger partial charge in [-0.3, -0.25) is 4.79 Å². The molecule has 0 radical (unpaired) electrons. The van der Waals surface area contributed by atoms with Gasteiger partial charge in [0, 0.05) is 19.5 Å². The minimum absolute atomic E-state index is 0.256. The van der Waals surface area contributed by atoms with Gasteiger partial charge in [-0.2, -0.15) is 5.10 Å². The van der Waals surface area contributed by atoms with Crippen LogP contribution in [-0.2, 0) is 17.6 Å². The van der Waals surface area contributed by atoms with E-state index in [0.29, 0.717) is 18.2 Å². The van der Waals surface area contributed by atoms with Crippen molar-refractivity contribution in [3.8, 4) is 0 Å². The lowest BCUT2D eigenvalue weighted by Crippen LogP contribution is -2.40. The van der Waals surface area contributed by atoms with E-state index in [9.17, 15) is 4.79 Å². The highest BCUT2D eigenvalue weighted by molar-refractivity contribution is 5.76. The van der Waals surface area contributed by atoms with Crippen LogP contribution >= 0.6 is 0 Å². The maximum Gasteiger partial charge on any atom is 0.222 e. The van der Waals surface area contributed by atoms with Crippen LogP contribution in [0.2, 0.25) is 0 Å². The van der Waals surface area contributed by atoms with E-state index in [1.807, 2.05) is 29.2 Å². The Hall–Kier alpha value is -2.43. The number of likely N-dealkylation sites (tertiary alicyclic amines) is 1. The van der Waals surface area contributed by atoms with Crippen LogP contribution in [-0.4, -0.2) is 34.1 Å². The zero-order chi connectivity index (χ0) is 16.8. The Morgan fingerprint density at radius 1 is 1.17 bits per heavy atom. The molecule has 3 rings (SSSR count). The number of nitrogens with zero attached hydrogens (tertiary/aromatic N) is 3. The fourth-order valence-electron chi connectivity index (χ4n) is 3.29. The van der Waals surface area contributed by atoms with Crippen LogP contribution in [0.5, 0.6) is 0 Å². The standard InChI is InChI=1S/C19H24N4O/c20-18-10-9-17(21-22-18)13-16-7-4-12-23(14-16)19(24)11-8-15-5-2-1-3-6-15/h1-3,5-6,9-10,16H,4,7-8,11-14H2,(H2,20,22). The first-order valence-corrected chi connectivity index (χ1v) is 8.60. The zero-order valence-corrected chi connectivity index (χ0v) is 13.9. The molecule has 1 saturated heterocycles. The number of nitrogens with two attached hydrogens (primary N) is 1. The average Bonchev–Trinajstić information content (AvgIpc) is 2.63. The summed E-state index contributed by atoms with van der Waals surface area (Å²) in [6.07, 6.45) is 4.44. The number of rotatable bonds is 5. The molecule has 1 atom stereocenters. The van der Waals surface area contributed by atoms with Gasteiger partial charge in [-0.15, -0.1) is 5.10 Å². The molecule has 1 amide bonds. The Morgan fingerprint density at radius 2 is 2.00 bits per heavy atom. The number of aryl methyl sites for hydroxylation is 1.